The van der Waals surface area contributed by atoms with Gasteiger partial charge in [-0.2, -0.15) is 0 Å². The highest BCUT2D eigenvalue weighted by Gasteiger charge is 2.21. The van der Waals surface area contributed by atoms with Crippen molar-refractivity contribution in [2.75, 3.05) is 0 Å². The lowest BCUT2D eigenvalue weighted by Crippen LogP contribution is -1.99. The fraction of sp³-hybridized carbons (Fsp3) is 0. The third-order valence-corrected chi connectivity index (χ3v) is 7.86. The second kappa shape index (κ2) is 7.05. The van der Waals surface area contributed by atoms with Crippen molar-refractivity contribution in [1.82, 2.24) is 14.1 Å². The molecule has 0 bridgehead atoms. The molecule has 0 N–H and O–H groups in total. The van der Waals surface area contributed by atoms with Crippen molar-refractivity contribution in [2.45, 2.75) is 0 Å². The van der Waals surface area contributed by atoms with Crippen molar-refractivity contribution >= 4 is 65.2 Å². The van der Waals surface area contributed by atoms with Crippen molar-refractivity contribution in [1.29, 1.82) is 0 Å². The van der Waals surface area contributed by atoms with E-state index in [2.05, 4.69) is 118 Å². The summed E-state index contributed by atoms with van der Waals surface area (Å²) in [5, 5.41) is 5.02. The normalized spacial score (nSPS) is 12.0. The minimum Gasteiger partial charge on any atom is -0.307 e. The Balaban J connectivity index is 1.69. The van der Waals surface area contributed by atoms with Crippen LogP contribution in [-0.2, 0) is 0 Å². The smallest absolute Gasteiger partial charge is 0.105 e. The molecule has 4 heteroatoms. The first-order valence-electron chi connectivity index (χ1n) is 11.7. The van der Waals surface area contributed by atoms with Crippen LogP contribution >= 0.6 is 11.3 Å². The molecular formula is C31H19N3S. The number of thiazole rings is 1. The molecule has 8 rings (SSSR count). The van der Waals surface area contributed by atoms with E-state index in [0.29, 0.717) is 0 Å². The zero-order valence-corrected chi connectivity index (χ0v) is 19.5. The highest BCUT2D eigenvalue weighted by Crippen LogP contribution is 2.42. The lowest BCUT2D eigenvalue weighted by atomic mass is 10.1. The minimum absolute atomic E-state index is 1.04. The Hall–Kier alpha value is -4.41. The lowest BCUT2D eigenvalue weighted by molar-refractivity contribution is 1.15. The van der Waals surface area contributed by atoms with Crippen LogP contribution in [0.2, 0.25) is 0 Å². The highest BCUT2D eigenvalue weighted by atomic mass is 32.1. The predicted octanol–water partition coefficient (Wildman–Crippen LogP) is 8.49. The van der Waals surface area contributed by atoms with Gasteiger partial charge in [0.25, 0.3) is 0 Å². The summed E-state index contributed by atoms with van der Waals surface area (Å²) in [7, 11) is 0. The van der Waals surface area contributed by atoms with E-state index in [4.69, 9.17) is 4.98 Å². The number of aromatic nitrogens is 3. The first-order valence-corrected chi connectivity index (χ1v) is 12.6. The van der Waals surface area contributed by atoms with E-state index >= 15 is 0 Å². The van der Waals surface area contributed by atoms with Crippen molar-refractivity contribution < 1.29 is 0 Å². The highest BCUT2D eigenvalue weighted by molar-refractivity contribution is 7.16. The maximum absolute atomic E-state index is 4.78. The van der Waals surface area contributed by atoms with Crippen molar-refractivity contribution in [2.24, 2.45) is 0 Å². The van der Waals surface area contributed by atoms with Crippen molar-refractivity contribution in [3.05, 3.63) is 115 Å². The molecule has 164 valence electrons. The minimum atomic E-state index is 1.04. The Kier molecular flexibility index (Phi) is 3.82. The predicted molar refractivity (Wildman–Crippen MR) is 148 cm³/mol. The number of para-hydroxylation sites is 4. The molecule has 3 aromatic heterocycles. The molecule has 0 aliphatic heterocycles. The van der Waals surface area contributed by atoms with E-state index in [0.717, 1.165) is 16.9 Å². The average Bonchev–Trinajstić information content (AvgIpc) is 3.61. The van der Waals surface area contributed by atoms with Crippen LogP contribution < -0.4 is 0 Å². The quantitative estimate of drug-likeness (QED) is 0.251. The summed E-state index contributed by atoms with van der Waals surface area (Å²) in [5.74, 6) is 0. The van der Waals surface area contributed by atoms with Gasteiger partial charge in [-0.05, 0) is 36.4 Å². The molecule has 0 fully saturated rings. The van der Waals surface area contributed by atoms with E-state index < -0.39 is 0 Å². The van der Waals surface area contributed by atoms with Gasteiger partial charge in [0.15, 0.2) is 0 Å². The summed E-state index contributed by atoms with van der Waals surface area (Å²) in [4.78, 5) is 4.78. The number of hydrogen-bond acceptors (Lipinski definition) is 2. The van der Waals surface area contributed by atoms with E-state index in [9.17, 15) is 0 Å². The van der Waals surface area contributed by atoms with E-state index in [1.165, 1.54) is 48.3 Å². The maximum atomic E-state index is 4.78. The molecule has 0 unspecified atom stereocenters. The fourth-order valence-electron chi connectivity index (χ4n) is 5.65. The number of rotatable bonds is 2. The van der Waals surface area contributed by atoms with E-state index in [-0.39, 0.29) is 0 Å². The molecule has 8 aromatic rings. The van der Waals surface area contributed by atoms with Gasteiger partial charge in [0, 0.05) is 27.2 Å². The first-order chi connectivity index (χ1) is 17.4. The van der Waals surface area contributed by atoms with Gasteiger partial charge in [0.2, 0.25) is 0 Å². The zero-order valence-electron chi connectivity index (χ0n) is 18.7. The van der Waals surface area contributed by atoms with Crippen LogP contribution in [0.4, 0.5) is 0 Å². The zero-order chi connectivity index (χ0) is 22.9. The Morgan fingerprint density at radius 2 is 1.14 bits per heavy atom. The molecule has 0 atom stereocenters. The molecule has 0 radical (unpaired) electrons. The standard InChI is InChI=1S/C31H19N3S/c1-2-9-20(10-3-1)33-25-13-6-4-11-21(25)23-17-18-24-22-12-5-7-14-26(22)34(31(24)30(23)33)27-15-8-16-28-29(27)32-19-35-28/h1-19H. The Bertz CT molecular complexity index is 2060. The summed E-state index contributed by atoms with van der Waals surface area (Å²) >= 11 is 1.69. The number of benzene rings is 5. The molecule has 0 saturated carbocycles. The molecule has 35 heavy (non-hydrogen) atoms. The van der Waals surface area contributed by atoms with Gasteiger partial charge in [-0.15, -0.1) is 11.3 Å². The van der Waals surface area contributed by atoms with Crippen LogP contribution in [0.5, 0.6) is 0 Å². The third-order valence-electron chi connectivity index (χ3n) is 7.06. The van der Waals surface area contributed by atoms with Gasteiger partial charge in [-0.25, -0.2) is 4.98 Å². The monoisotopic (exact) mass is 465 g/mol. The summed E-state index contributed by atoms with van der Waals surface area (Å²) < 4.78 is 6.04. The summed E-state index contributed by atoms with van der Waals surface area (Å²) in [6, 6.07) is 39.2. The molecule has 0 aliphatic rings. The van der Waals surface area contributed by atoms with Crippen molar-refractivity contribution in [3.8, 4) is 11.4 Å². The summed E-state index contributed by atoms with van der Waals surface area (Å²) in [6.45, 7) is 0. The molecule has 0 saturated heterocycles. The molecule has 0 amide bonds. The van der Waals surface area contributed by atoms with Crippen LogP contribution in [0.3, 0.4) is 0 Å². The Morgan fingerprint density at radius 1 is 0.514 bits per heavy atom. The van der Waals surface area contributed by atoms with Gasteiger partial charge < -0.3 is 9.13 Å². The van der Waals surface area contributed by atoms with Crippen LogP contribution in [0.25, 0.3) is 65.2 Å². The third kappa shape index (κ3) is 2.52. The largest absolute Gasteiger partial charge is 0.307 e. The van der Waals surface area contributed by atoms with Crippen LogP contribution in [0.15, 0.2) is 115 Å². The van der Waals surface area contributed by atoms with E-state index in [1.807, 2.05) is 5.51 Å². The fourth-order valence-corrected chi connectivity index (χ4v) is 6.35. The van der Waals surface area contributed by atoms with Gasteiger partial charge in [0.1, 0.15) is 5.52 Å². The van der Waals surface area contributed by atoms with Crippen molar-refractivity contribution in [3.63, 3.8) is 0 Å². The molecule has 0 spiro atoms. The lowest BCUT2D eigenvalue weighted by Gasteiger charge is -2.13. The number of hydrogen-bond donors (Lipinski definition) is 0. The van der Waals surface area contributed by atoms with E-state index in [1.54, 1.807) is 11.3 Å². The molecule has 3 heterocycles. The average molecular weight is 466 g/mol. The second-order valence-corrected chi connectivity index (χ2v) is 9.76. The van der Waals surface area contributed by atoms with Gasteiger partial charge in [0.05, 0.1) is 38.0 Å². The van der Waals surface area contributed by atoms with Gasteiger partial charge in [-0.1, -0.05) is 72.8 Å². The molecular weight excluding hydrogens is 446 g/mol. The molecule has 3 nitrogen and oxygen atoms in total. The number of fused-ring (bicyclic) bond motifs is 8. The van der Waals surface area contributed by atoms with Crippen LogP contribution in [0, 0.1) is 0 Å². The van der Waals surface area contributed by atoms with Crippen LogP contribution in [-0.4, -0.2) is 14.1 Å². The van der Waals surface area contributed by atoms with Crippen LogP contribution in [0.1, 0.15) is 0 Å². The molecule has 5 aromatic carbocycles. The number of nitrogens with zero attached hydrogens (tertiary/aromatic N) is 3. The Morgan fingerprint density at radius 3 is 1.89 bits per heavy atom. The maximum Gasteiger partial charge on any atom is 0.105 e. The first kappa shape index (κ1) is 19.0. The summed E-state index contributed by atoms with van der Waals surface area (Å²) in [6.07, 6.45) is 0. The molecule has 0 aliphatic carbocycles. The summed E-state index contributed by atoms with van der Waals surface area (Å²) in [5.41, 5.74) is 10.1. The van der Waals surface area contributed by atoms with Gasteiger partial charge >= 0.3 is 0 Å². The van der Waals surface area contributed by atoms with Gasteiger partial charge in [-0.3, -0.25) is 0 Å². The SMILES string of the molecule is c1ccc(-n2c3ccccc3c3ccc4c5ccccc5n(-c5cccc6scnc56)c4c32)cc1. The second-order valence-electron chi connectivity index (χ2n) is 8.87. The topological polar surface area (TPSA) is 22.8 Å². The Labute approximate surface area is 205 Å².